The maximum absolute atomic E-state index is 13.8. The molecule has 0 aliphatic heterocycles. The first-order valence-electron chi connectivity index (χ1n) is 13.5. The van der Waals surface area contributed by atoms with Crippen LogP contribution in [-0.2, 0) is 11.5 Å². The van der Waals surface area contributed by atoms with Crippen molar-refractivity contribution in [1.29, 1.82) is 0 Å². The Hall–Kier alpha value is -2.32. The molecule has 0 spiro atoms. The smallest absolute Gasteiger partial charge is 0.274 e. The van der Waals surface area contributed by atoms with Crippen LogP contribution in [0.3, 0.4) is 0 Å². The Bertz CT molecular complexity index is 1320. The van der Waals surface area contributed by atoms with Gasteiger partial charge in [-0.05, 0) is 73.9 Å². The monoisotopic (exact) mass is 595 g/mol. The van der Waals surface area contributed by atoms with Crippen molar-refractivity contribution in [3.05, 3.63) is 46.8 Å². The molecule has 2 aliphatic carbocycles. The van der Waals surface area contributed by atoms with E-state index in [9.17, 15) is 23.1 Å². The minimum atomic E-state index is -2.77. The topological polar surface area (TPSA) is 76.4 Å². The number of nitrogens with zero attached hydrogens (tertiary/aromatic N) is 2. The lowest BCUT2D eigenvalue weighted by Gasteiger charge is -2.37. The molecule has 4 rings (SSSR count). The van der Waals surface area contributed by atoms with E-state index in [1.165, 1.54) is 18.2 Å². The first kappa shape index (κ1) is 30.6. The molecule has 0 radical (unpaired) electrons. The van der Waals surface area contributed by atoms with Crippen LogP contribution in [0.15, 0.2) is 24.5 Å². The summed E-state index contributed by atoms with van der Waals surface area (Å²) in [6.45, 7) is 9.74. The third-order valence-electron chi connectivity index (χ3n) is 8.69. The van der Waals surface area contributed by atoms with Crippen molar-refractivity contribution in [3.63, 3.8) is 0 Å². The second-order valence-electron chi connectivity index (χ2n) is 12.7. The van der Waals surface area contributed by atoms with Crippen LogP contribution in [0.5, 0.6) is 0 Å². The number of carbonyl (C=O) groups is 1. The zero-order chi connectivity index (χ0) is 29.6. The fourth-order valence-electron chi connectivity index (χ4n) is 5.62. The van der Waals surface area contributed by atoms with Crippen LogP contribution in [0.1, 0.15) is 68.6 Å². The largest absolute Gasteiger partial charge is 0.399 e. The van der Waals surface area contributed by atoms with Crippen LogP contribution in [0.2, 0.25) is 23.2 Å². The number of amides is 1. The average molecular weight is 596 g/mol. The standard InChI is InChI=1S/C29H37ClF3N3O3Si/c1-28(2,3)40(5,6)39-23(26(32)33)9-10-29(38)14-18-11-17(12-19(18)15-29)24-25(36(4)16-34-24)27(37)35-20-7-8-22(31)21(30)13-20/h7-8,13,16-19,23,26,38H,11-12,14-15H2,1-6H3,(H,35,37). The van der Waals surface area contributed by atoms with E-state index >= 15 is 0 Å². The molecule has 2 aromatic rings. The van der Waals surface area contributed by atoms with E-state index in [0.29, 0.717) is 42.8 Å². The number of fused-ring (bicyclic) bond motifs is 1. The van der Waals surface area contributed by atoms with Crippen LogP contribution in [0.25, 0.3) is 0 Å². The first-order valence-corrected chi connectivity index (χ1v) is 16.8. The Morgan fingerprint density at radius 1 is 1.27 bits per heavy atom. The second-order valence-corrected chi connectivity index (χ2v) is 17.9. The Kier molecular flexibility index (Phi) is 8.55. The number of aliphatic hydroxyl groups is 1. The lowest BCUT2D eigenvalue weighted by molar-refractivity contribution is 0.0353. The van der Waals surface area contributed by atoms with E-state index in [1.54, 1.807) is 17.9 Å². The molecule has 1 aromatic heterocycles. The van der Waals surface area contributed by atoms with Crippen LogP contribution >= 0.6 is 11.6 Å². The van der Waals surface area contributed by atoms with Gasteiger partial charge in [0.25, 0.3) is 12.3 Å². The molecule has 6 nitrogen and oxygen atoms in total. The van der Waals surface area contributed by atoms with Crippen molar-refractivity contribution >= 4 is 31.5 Å². The maximum Gasteiger partial charge on any atom is 0.274 e. The Labute approximate surface area is 239 Å². The lowest BCUT2D eigenvalue weighted by atomic mass is 9.92. The van der Waals surface area contributed by atoms with Crippen LogP contribution < -0.4 is 5.32 Å². The normalized spacial score (nSPS) is 25.4. The quantitative estimate of drug-likeness (QED) is 0.286. The highest BCUT2D eigenvalue weighted by molar-refractivity contribution is 6.74. The van der Waals surface area contributed by atoms with E-state index in [-0.39, 0.29) is 33.7 Å². The van der Waals surface area contributed by atoms with E-state index in [1.807, 2.05) is 33.9 Å². The summed E-state index contributed by atoms with van der Waals surface area (Å²) in [4.78, 5) is 17.7. The minimum Gasteiger partial charge on any atom is -0.399 e. The number of carbonyl (C=O) groups excluding carboxylic acids is 1. The van der Waals surface area contributed by atoms with Gasteiger partial charge in [-0.3, -0.25) is 4.79 Å². The third kappa shape index (κ3) is 6.43. The van der Waals surface area contributed by atoms with Gasteiger partial charge in [0.2, 0.25) is 0 Å². The Balaban J connectivity index is 1.44. The van der Waals surface area contributed by atoms with E-state index < -0.39 is 32.3 Å². The summed E-state index contributed by atoms with van der Waals surface area (Å²) in [5, 5.41) is 13.6. The number of aryl methyl sites for hydroxylation is 1. The summed E-state index contributed by atoms with van der Waals surface area (Å²) in [6, 6.07) is 3.98. The van der Waals surface area contributed by atoms with Crippen LogP contribution in [0.4, 0.5) is 18.9 Å². The predicted molar refractivity (Wildman–Crippen MR) is 152 cm³/mol. The maximum atomic E-state index is 13.8. The van der Waals surface area contributed by atoms with Gasteiger partial charge in [0, 0.05) is 18.7 Å². The number of halogens is 4. The lowest BCUT2D eigenvalue weighted by Crippen LogP contribution is -2.45. The molecule has 218 valence electrons. The van der Waals surface area contributed by atoms with Gasteiger partial charge in [-0.2, -0.15) is 0 Å². The highest BCUT2D eigenvalue weighted by Crippen LogP contribution is 2.54. The van der Waals surface area contributed by atoms with Gasteiger partial charge in [0.15, 0.2) is 14.4 Å². The zero-order valence-electron chi connectivity index (χ0n) is 23.7. The molecule has 3 atom stereocenters. The number of imidazole rings is 1. The fraction of sp³-hybridized carbons (Fsp3) is 0.586. The molecule has 2 aliphatic rings. The van der Waals surface area contributed by atoms with Gasteiger partial charge >= 0.3 is 0 Å². The molecule has 40 heavy (non-hydrogen) atoms. The van der Waals surface area contributed by atoms with Gasteiger partial charge in [-0.25, -0.2) is 18.2 Å². The molecule has 0 saturated heterocycles. The highest BCUT2D eigenvalue weighted by Gasteiger charge is 2.49. The number of nitrogens with one attached hydrogen (secondary N) is 1. The average Bonchev–Trinajstić information content (AvgIpc) is 3.49. The molecule has 2 saturated carbocycles. The van der Waals surface area contributed by atoms with E-state index in [0.717, 1.165) is 0 Å². The molecular weight excluding hydrogens is 559 g/mol. The van der Waals surface area contributed by atoms with E-state index in [4.69, 9.17) is 16.0 Å². The van der Waals surface area contributed by atoms with Crippen molar-refractivity contribution in [1.82, 2.24) is 9.55 Å². The molecule has 2 fully saturated rings. The van der Waals surface area contributed by atoms with Gasteiger partial charge in [0.05, 0.1) is 17.0 Å². The van der Waals surface area contributed by atoms with Crippen molar-refractivity contribution in [3.8, 4) is 11.8 Å². The molecule has 11 heteroatoms. The third-order valence-corrected chi connectivity index (χ3v) is 13.4. The first-order chi connectivity index (χ1) is 18.5. The molecule has 2 N–H and O–H groups in total. The zero-order valence-corrected chi connectivity index (χ0v) is 25.5. The number of hydrogen-bond acceptors (Lipinski definition) is 4. The summed E-state index contributed by atoms with van der Waals surface area (Å²) in [7, 11) is -0.739. The number of rotatable bonds is 6. The van der Waals surface area contributed by atoms with Gasteiger partial charge in [0.1, 0.15) is 17.1 Å². The predicted octanol–water partition coefficient (Wildman–Crippen LogP) is 6.76. The highest BCUT2D eigenvalue weighted by atomic mass is 35.5. The SMILES string of the molecule is Cn1cnc(C2CC3CC(O)(C#CC(O[Si](C)(C)C(C)(C)C)C(F)F)CC3C2)c1C(=O)Nc1ccc(F)c(Cl)c1. The summed E-state index contributed by atoms with van der Waals surface area (Å²) in [5.41, 5.74) is 0.0899. The number of anilines is 1. The van der Waals surface area contributed by atoms with Crippen molar-refractivity contribution in [2.24, 2.45) is 18.9 Å². The molecular formula is C29H37ClF3N3O3Si. The Morgan fingerprint density at radius 3 is 2.45 bits per heavy atom. The van der Waals surface area contributed by atoms with Gasteiger partial charge in [-0.1, -0.05) is 44.2 Å². The van der Waals surface area contributed by atoms with Gasteiger partial charge in [-0.15, -0.1) is 0 Å². The van der Waals surface area contributed by atoms with Crippen LogP contribution in [0, 0.1) is 29.5 Å². The number of alkyl halides is 2. The van der Waals surface area contributed by atoms with Crippen molar-refractivity contribution in [2.45, 2.75) is 88.6 Å². The molecule has 1 amide bonds. The van der Waals surface area contributed by atoms with E-state index in [2.05, 4.69) is 22.1 Å². The molecule has 3 unspecified atom stereocenters. The summed E-state index contributed by atoms with van der Waals surface area (Å²) in [5.74, 6) is 4.66. The Morgan fingerprint density at radius 2 is 1.90 bits per heavy atom. The van der Waals surface area contributed by atoms with Crippen molar-refractivity contribution in [2.75, 3.05) is 5.32 Å². The summed E-state index contributed by atoms with van der Waals surface area (Å²) >= 11 is 5.85. The fourth-order valence-corrected chi connectivity index (χ4v) is 6.95. The molecule has 1 aromatic carbocycles. The number of benzene rings is 1. The van der Waals surface area contributed by atoms with Crippen molar-refractivity contribution < 1.29 is 27.5 Å². The number of hydrogen-bond donors (Lipinski definition) is 2. The number of aromatic nitrogens is 2. The summed E-state index contributed by atoms with van der Waals surface area (Å²) < 4.78 is 48.7. The molecule has 1 heterocycles. The van der Waals surface area contributed by atoms with Gasteiger partial charge < -0.3 is 19.4 Å². The summed E-state index contributed by atoms with van der Waals surface area (Å²) in [6.07, 6.45) is -0.566. The minimum absolute atomic E-state index is 0.00185. The second kappa shape index (κ2) is 11.2. The van der Waals surface area contributed by atoms with Crippen LogP contribution in [-0.4, -0.2) is 47.0 Å². The molecule has 0 bridgehead atoms.